The van der Waals surface area contributed by atoms with Gasteiger partial charge in [0.25, 0.3) is 0 Å². The van der Waals surface area contributed by atoms with Gasteiger partial charge in [-0.25, -0.2) is 0 Å². The molecule has 0 saturated carbocycles. The minimum absolute atomic E-state index is 0.0388. The molecule has 21 heavy (non-hydrogen) atoms. The van der Waals surface area contributed by atoms with Gasteiger partial charge in [-0.05, 0) is 29.8 Å². The molecule has 2 aromatic carbocycles. The molecule has 0 saturated heterocycles. The van der Waals surface area contributed by atoms with Gasteiger partial charge in [-0.3, -0.25) is 4.79 Å². The monoisotopic (exact) mass is 315 g/mol. The van der Waals surface area contributed by atoms with Gasteiger partial charge in [0.1, 0.15) is 5.01 Å². The van der Waals surface area contributed by atoms with Crippen molar-refractivity contribution >= 4 is 45.5 Å². The Labute approximate surface area is 130 Å². The number of thioether (sulfide) groups is 1. The number of rotatable bonds is 4. The van der Waals surface area contributed by atoms with Crippen LogP contribution in [-0.4, -0.2) is 21.9 Å². The van der Waals surface area contributed by atoms with E-state index in [1.165, 1.54) is 23.1 Å². The highest BCUT2D eigenvalue weighted by molar-refractivity contribution is 8.01. The molecule has 0 radical (unpaired) electrons. The first kappa shape index (κ1) is 14.0. The molecule has 0 atom stereocenters. The van der Waals surface area contributed by atoms with Crippen molar-refractivity contribution in [2.45, 2.75) is 11.3 Å². The fourth-order valence-corrected chi connectivity index (χ4v) is 3.54. The Morgan fingerprint density at radius 1 is 1.19 bits per heavy atom. The highest BCUT2D eigenvalue weighted by Crippen LogP contribution is 2.22. The number of hydrogen-bond donors (Lipinski definition) is 1. The Hall–Kier alpha value is -1.92. The fourth-order valence-electron chi connectivity index (χ4n) is 1.93. The second-order valence-corrected chi connectivity index (χ2v) is 6.89. The third-order valence-electron chi connectivity index (χ3n) is 2.87. The third-order valence-corrected chi connectivity index (χ3v) is 4.84. The van der Waals surface area contributed by atoms with E-state index in [2.05, 4.69) is 21.6 Å². The van der Waals surface area contributed by atoms with Gasteiger partial charge in [0.2, 0.25) is 5.91 Å². The first-order valence-corrected chi connectivity index (χ1v) is 8.22. The fraction of sp³-hybridized carbons (Fsp3) is 0.133. The number of nitrogens with one attached hydrogen (secondary N) is 1. The van der Waals surface area contributed by atoms with Gasteiger partial charge in [0, 0.05) is 5.69 Å². The molecular formula is C15H13N3OS2. The zero-order chi connectivity index (χ0) is 14.7. The van der Waals surface area contributed by atoms with Gasteiger partial charge in [0.15, 0.2) is 4.34 Å². The van der Waals surface area contributed by atoms with Crippen molar-refractivity contribution in [3.05, 3.63) is 47.5 Å². The van der Waals surface area contributed by atoms with Crippen LogP contribution in [0.5, 0.6) is 0 Å². The van der Waals surface area contributed by atoms with Crippen LogP contribution in [0.1, 0.15) is 5.01 Å². The molecule has 106 valence electrons. The summed E-state index contributed by atoms with van der Waals surface area (Å²) in [5, 5.41) is 14.0. The maximum atomic E-state index is 12.0. The Morgan fingerprint density at radius 3 is 2.76 bits per heavy atom. The highest BCUT2D eigenvalue weighted by atomic mass is 32.2. The summed E-state index contributed by atoms with van der Waals surface area (Å²) < 4.78 is 0.821. The number of hydrogen-bond acceptors (Lipinski definition) is 5. The predicted molar refractivity (Wildman–Crippen MR) is 87.9 cm³/mol. The number of fused-ring (bicyclic) bond motifs is 1. The van der Waals surface area contributed by atoms with Crippen LogP contribution in [0.25, 0.3) is 10.8 Å². The number of anilines is 1. The Kier molecular flexibility index (Phi) is 4.17. The van der Waals surface area contributed by atoms with Crippen LogP contribution in [0.4, 0.5) is 5.69 Å². The van der Waals surface area contributed by atoms with E-state index in [1.807, 2.05) is 43.3 Å². The number of benzene rings is 2. The maximum absolute atomic E-state index is 12.0. The van der Waals surface area contributed by atoms with Crippen molar-refractivity contribution in [3.8, 4) is 0 Å². The van der Waals surface area contributed by atoms with Crippen molar-refractivity contribution in [2.75, 3.05) is 11.1 Å². The average Bonchev–Trinajstić information content (AvgIpc) is 2.91. The molecule has 3 aromatic rings. The van der Waals surface area contributed by atoms with E-state index in [0.29, 0.717) is 5.75 Å². The van der Waals surface area contributed by atoms with Gasteiger partial charge in [-0.15, -0.1) is 10.2 Å². The van der Waals surface area contributed by atoms with Crippen LogP contribution in [0.15, 0.2) is 46.8 Å². The zero-order valence-corrected chi connectivity index (χ0v) is 13.0. The zero-order valence-electron chi connectivity index (χ0n) is 11.4. The average molecular weight is 315 g/mol. The number of carbonyl (C=O) groups is 1. The molecule has 1 N–H and O–H groups in total. The smallest absolute Gasteiger partial charge is 0.234 e. The summed E-state index contributed by atoms with van der Waals surface area (Å²) in [6, 6.07) is 14.0. The molecule has 0 aliphatic rings. The number of aromatic nitrogens is 2. The third kappa shape index (κ3) is 3.59. The first-order valence-electron chi connectivity index (χ1n) is 6.42. The lowest BCUT2D eigenvalue weighted by molar-refractivity contribution is -0.113. The lowest BCUT2D eigenvalue weighted by atomic mass is 10.1. The van der Waals surface area contributed by atoms with Gasteiger partial charge in [-0.2, -0.15) is 0 Å². The van der Waals surface area contributed by atoms with Gasteiger partial charge in [-0.1, -0.05) is 53.4 Å². The van der Waals surface area contributed by atoms with Crippen LogP contribution in [0.3, 0.4) is 0 Å². The van der Waals surface area contributed by atoms with E-state index in [4.69, 9.17) is 0 Å². The van der Waals surface area contributed by atoms with Crippen molar-refractivity contribution in [1.82, 2.24) is 10.2 Å². The van der Waals surface area contributed by atoms with E-state index in [0.717, 1.165) is 25.8 Å². The van der Waals surface area contributed by atoms with E-state index in [-0.39, 0.29) is 5.91 Å². The van der Waals surface area contributed by atoms with Crippen LogP contribution in [0.2, 0.25) is 0 Å². The minimum Gasteiger partial charge on any atom is -0.325 e. The van der Waals surface area contributed by atoms with Crippen LogP contribution in [-0.2, 0) is 4.79 Å². The van der Waals surface area contributed by atoms with E-state index < -0.39 is 0 Å². The number of amides is 1. The Bertz CT molecular complexity index is 785. The maximum Gasteiger partial charge on any atom is 0.234 e. The van der Waals surface area contributed by atoms with Crippen LogP contribution >= 0.6 is 23.1 Å². The summed E-state index contributed by atoms with van der Waals surface area (Å²) in [6.45, 7) is 1.90. The van der Waals surface area contributed by atoms with Crippen molar-refractivity contribution < 1.29 is 4.79 Å². The number of aryl methyl sites for hydroxylation is 1. The quantitative estimate of drug-likeness (QED) is 0.745. The molecule has 3 rings (SSSR count). The summed E-state index contributed by atoms with van der Waals surface area (Å²) in [5.74, 6) is 0.296. The number of nitrogens with zero attached hydrogens (tertiary/aromatic N) is 2. The molecule has 1 amide bonds. The lowest BCUT2D eigenvalue weighted by Crippen LogP contribution is -2.13. The molecule has 0 aliphatic heterocycles. The molecule has 1 heterocycles. The Morgan fingerprint density at radius 2 is 2.00 bits per heavy atom. The first-order chi connectivity index (χ1) is 10.2. The standard InChI is InChI=1S/C15H13N3OS2/c1-10-17-18-15(21-10)20-9-14(19)16-13-7-6-11-4-2-3-5-12(11)8-13/h2-8H,9H2,1H3,(H,16,19). The minimum atomic E-state index is -0.0388. The Balaban J connectivity index is 1.63. The normalized spacial score (nSPS) is 10.7. The summed E-state index contributed by atoms with van der Waals surface area (Å²) in [5.41, 5.74) is 0.813. The molecule has 0 unspecified atom stereocenters. The van der Waals surface area contributed by atoms with E-state index in [1.54, 1.807) is 0 Å². The van der Waals surface area contributed by atoms with Crippen LogP contribution in [0, 0.1) is 6.92 Å². The lowest BCUT2D eigenvalue weighted by Gasteiger charge is -2.05. The molecule has 0 bridgehead atoms. The summed E-state index contributed by atoms with van der Waals surface area (Å²) in [6.07, 6.45) is 0. The van der Waals surface area contributed by atoms with Crippen LogP contribution < -0.4 is 5.32 Å². The molecular weight excluding hydrogens is 302 g/mol. The largest absolute Gasteiger partial charge is 0.325 e. The molecule has 0 spiro atoms. The van der Waals surface area contributed by atoms with Gasteiger partial charge in [0.05, 0.1) is 5.75 Å². The van der Waals surface area contributed by atoms with Crippen molar-refractivity contribution in [2.24, 2.45) is 0 Å². The van der Waals surface area contributed by atoms with E-state index >= 15 is 0 Å². The molecule has 4 nitrogen and oxygen atoms in total. The second-order valence-electron chi connectivity index (χ2n) is 4.49. The second kappa shape index (κ2) is 6.24. The SMILES string of the molecule is Cc1nnc(SCC(=O)Nc2ccc3ccccc3c2)s1. The summed E-state index contributed by atoms with van der Waals surface area (Å²) in [4.78, 5) is 12.0. The molecule has 1 aromatic heterocycles. The van der Waals surface area contributed by atoms with Gasteiger partial charge < -0.3 is 5.32 Å². The van der Waals surface area contributed by atoms with Crippen molar-refractivity contribution in [3.63, 3.8) is 0 Å². The van der Waals surface area contributed by atoms with E-state index in [9.17, 15) is 4.79 Å². The summed E-state index contributed by atoms with van der Waals surface area (Å²) >= 11 is 2.90. The highest BCUT2D eigenvalue weighted by Gasteiger charge is 2.07. The predicted octanol–water partition coefficient (Wildman–Crippen LogP) is 3.73. The molecule has 0 fully saturated rings. The van der Waals surface area contributed by atoms with Crippen molar-refractivity contribution in [1.29, 1.82) is 0 Å². The topological polar surface area (TPSA) is 54.9 Å². The summed E-state index contributed by atoms with van der Waals surface area (Å²) in [7, 11) is 0. The van der Waals surface area contributed by atoms with Gasteiger partial charge >= 0.3 is 0 Å². The molecule has 6 heteroatoms. The molecule has 0 aliphatic carbocycles. The number of carbonyl (C=O) groups excluding carboxylic acids is 1.